The predicted molar refractivity (Wildman–Crippen MR) is 62.6 cm³/mol. The SMILES string of the molecule is CCC(CC)C(=O)NC(CC)(CC)CO. The fourth-order valence-corrected chi connectivity index (χ4v) is 1.71. The van der Waals surface area contributed by atoms with Crippen LogP contribution in [0, 0.1) is 5.92 Å². The molecule has 3 nitrogen and oxygen atoms in total. The van der Waals surface area contributed by atoms with E-state index in [1.807, 2.05) is 27.7 Å². The van der Waals surface area contributed by atoms with Crippen LogP contribution < -0.4 is 5.32 Å². The molecule has 0 aromatic carbocycles. The maximum atomic E-state index is 11.9. The van der Waals surface area contributed by atoms with Gasteiger partial charge in [0.1, 0.15) is 0 Å². The van der Waals surface area contributed by atoms with Crippen molar-refractivity contribution in [1.82, 2.24) is 5.32 Å². The minimum Gasteiger partial charge on any atom is -0.394 e. The number of aliphatic hydroxyl groups excluding tert-OH is 1. The van der Waals surface area contributed by atoms with Crippen molar-refractivity contribution >= 4 is 5.91 Å². The maximum absolute atomic E-state index is 11.9. The Morgan fingerprint density at radius 2 is 1.67 bits per heavy atom. The molecule has 3 heteroatoms. The van der Waals surface area contributed by atoms with Crippen molar-refractivity contribution in [2.75, 3.05) is 6.61 Å². The highest BCUT2D eigenvalue weighted by Gasteiger charge is 2.29. The molecular weight excluding hydrogens is 190 g/mol. The second-order valence-electron chi connectivity index (χ2n) is 4.15. The first-order valence-corrected chi connectivity index (χ1v) is 6.01. The number of aliphatic hydroxyl groups is 1. The van der Waals surface area contributed by atoms with Gasteiger partial charge in [-0.25, -0.2) is 0 Å². The average Bonchev–Trinajstić information content (AvgIpc) is 2.28. The van der Waals surface area contributed by atoms with E-state index in [2.05, 4.69) is 5.32 Å². The van der Waals surface area contributed by atoms with Gasteiger partial charge in [0.2, 0.25) is 5.91 Å². The number of carbonyl (C=O) groups is 1. The highest BCUT2D eigenvalue weighted by atomic mass is 16.3. The molecule has 0 bridgehead atoms. The second-order valence-corrected chi connectivity index (χ2v) is 4.15. The normalized spacial score (nSPS) is 11.9. The zero-order valence-corrected chi connectivity index (χ0v) is 10.5. The Morgan fingerprint density at radius 1 is 1.20 bits per heavy atom. The molecule has 0 radical (unpaired) electrons. The first kappa shape index (κ1) is 14.4. The van der Waals surface area contributed by atoms with E-state index in [1.54, 1.807) is 0 Å². The molecule has 0 atom stereocenters. The predicted octanol–water partition coefficient (Wildman–Crippen LogP) is 2.09. The van der Waals surface area contributed by atoms with Crippen LogP contribution >= 0.6 is 0 Å². The van der Waals surface area contributed by atoms with Gasteiger partial charge in [0.05, 0.1) is 12.1 Å². The van der Waals surface area contributed by atoms with E-state index in [1.165, 1.54) is 0 Å². The fraction of sp³-hybridized carbons (Fsp3) is 0.917. The molecule has 0 aliphatic carbocycles. The molecular formula is C12H25NO2. The molecule has 0 saturated heterocycles. The first-order valence-electron chi connectivity index (χ1n) is 6.01. The molecule has 0 aromatic heterocycles. The average molecular weight is 215 g/mol. The molecule has 0 fully saturated rings. The minimum absolute atomic E-state index is 0.0197. The van der Waals surface area contributed by atoms with Gasteiger partial charge in [-0.15, -0.1) is 0 Å². The Morgan fingerprint density at radius 3 is 1.93 bits per heavy atom. The van der Waals surface area contributed by atoms with Crippen LogP contribution in [0.25, 0.3) is 0 Å². The number of nitrogens with one attached hydrogen (secondary N) is 1. The van der Waals surface area contributed by atoms with E-state index in [0.29, 0.717) is 0 Å². The van der Waals surface area contributed by atoms with Gasteiger partial charge < -0.3 is 10.4 Å². The van der Waals surface area contributed by atoms with Crippen molar-refractivity contribution < 1.29 is 9.90 Å². The van der Waals surface area contributed by atoms with Gasteiger partial charge in [0, 0.05) is 5.92 Å². The summed E-state index contributed by atoms with van der Waals surface area (Å²) < 4.78 is 0. The van der Waals surface area contributed by atoms with E-state index >= 15 is 0 Å². The lowest BCUT2D eigenvalue weighted by molar-refractivity contribution is -0.128. The van der Waals surface area contributed by atoms with Gasteiger partial charge in [0.15, 0.2) is 0 Å². The quantitative estimate of drug-likeness (QED) is 0.683. The van der Waals surface area contributed by atoms with E-state index in [4.69, 9.17) is 0 Å². The number of hydrogen-bond donors (Lipinski definition) is 2. The summed E-state index contributed by atoms with van der Waals surface area (Å²) in [7, 11) is 0. The van der Waals surface area contributed by atoms with Crippen LogP contribution in [0.4, 0.5) is 0 Å². The largest absolute Gasteiger partial charge is 0.394 e. The highest BCUT2D eigenvalue weighted by Crippen LogP contribution is 2.17. The van der Waals surface area contributed by atoms with Crippen molar-refractivity contribution in [3.05, 3.63) is 0 Å². The van der Waals surface area contributed by atoms with E-state index in [-0.39, 0.29) is 18.4 Å². The van der Waals surface area contributed by atoms with E-state index in [0.717, 1.165) is 25.7 Å². The smallest absolute Gasteiger partial charge is 0.223 e. The lowest BCUT2D eigenvalue weighted by Crippen LogP contribution is -2.52. The fourth-order valence-electron chi connectivity index (χ4n) is 1.71. The first-order chi connectivity index (χ1) is 7.09. The van der Waals surface area contributed by atoms with Gasteiger partial charge in [-0.2, -0.15) is 0 Å². The third kappa shape index (κ3) is 3.82. The van der Waals surface area contributed by atoms with Gasteiger partial charge in [0.25, 0.3) is 0 Å². The number of amides is 1. The molecule has 0 spiro atoms. The Kier molecular flexibility index (Phi) is 6.57. The molecule has 0 aliphatic rings. The Labute approximate surface area is 93.3 Å². The van der Waals surface area contributed by atoms with Crippen molar-refractivity contribution in [3.63, 3.8) is 0 Å². The third-order valence-corrected chi connectivity index (χ3v) is 3.40. The van der Waals surface area contributed by atoms with Crippen LogP contribution in [0.3, 0.4) is 0 Å². The standard InChI is InChI=1S/C12H25NO2/c1-5-10(6-2)11(15)13-12(7-3,8-4)9-14/h10,14H,5-9H2,1-4H3,(H,13,15). The number of carbonyl (C=O) groups excluding carboxylic acids is 1. The van der Waals surface area contributed by atoms with Gasteiger partial charge in [-0.3, -0.25) is 4.79 Å². The molecule has 2 N–H and O–H groups in total. The molecule has 1 amide bonds. The van der Waals surface area contributed by atoms with Crippen LogP contribution in [-0.2, 0) is 4.79 Å². The summed E-state index contributed by atoms with van der Waals surface area (Å²) in [5, 5.41) is 12.3. The summed E-state index contributed by atoms with van der Waals surface area (Å²) >= 11 is 0. The summed E-state index contributed by atoms with van der Waals surface area (Å²) in [5.41, 5.74) is -0.417. The van der Waals surface area contributed by atoms with Crippen molar-refractivity contribution in [3.8, 4) is 0 Å². The molecule has 15 heavy (non-hydrogen) atoms. The second kappa shape index (κ2) is 6.83. The van der Waals surface area contributed by atoms with Crippen LogP contribution in [0.15, 0.2) is 0 Å². The number of rotatable bonds is 7. The minimum atomic E-state index is -0.417. The third-order valence-electron chi connectivity index (χ3n) is 3.40. The monoisotopic (exact) mass is 215 g/mol. The summed E-state index contributed by atoms with van der Waals surface area (Å²) in [6.45, 7) is 8.05. The lowest BCUT2D eigenvalue weighted by atomic mass is 9.92. The maximum Gasteiger partial charge on any atom is 0.223 e. The van der Waals surface area contributed by atoms with Crippen LogP contribution in [0.5, 0.6) is 0 Å². The highest BCUT2D eigenvalue weighted by molar-refractivity contribution is 5.79. The summed E-state index contributed by atoms with van der Waals surface area (Å²) in [5.74, 6) is 0.159. The Bertz CT molecular complexity index is 176. The Hall–Kier alpha value is -0.570. The van der Waals surface area contributed by atoms with Gasteiger partial charge in [-0.05, 0) is 25.7 Å². The van der Waals surface area contributed by atoms with Crippen LogP contribution in [0.2, 0.25) is 0 Å². The molecule has 0 saturated carbocycles. The van der Waals surface area contributed by atoms with E-state index in [9.17, 15) is 9.90 Å². The van der Waals surface area contributed by atoms with Gasteiger partial charge in [-0.1, -0.05) is 27.7 Å². The zero-order valence-electron chi connectivity index (χ0n) is 10.5. The molecule has 0 aromatic rings. The van der Waals surface area contributed by atoms with Crippen molar-refractivity contribution in [2.24, 2.45) is 5.92 Å². The summed E-state index contributed by atoms with van der Waals surface area (Å²) in [4.78, 5) is 11.9. The molecule has 0 heterocycles. The van der Waals surface area contributed by atoms with Crippen molar-refractivity contribution in [1.29, 1.82) is 0 Å². The van der Waals surface area contributed by atoms with Crippen LogP contribution in [0.1, 0.15) is 53.4 Å². The lowest BCUT2D eigenvalue weighted by Gasteiger charge is -2.32. The summed E-state index contributed by atoms with van der Waals surface area (Å²) in [6, 6.07) is 0. The Balaban J connectivity index is 4.46. The summed E-state index contributed by atoms with van der Waals surface area (Å²) in [6.07, 6.45) is 3.26. The zero-order chi connectivity index (χ0) is 11.9. The van der Waals surface area contributed by atoms with Crippen molar-refractivity contribution in [2.45, 2.75) is 58.9 Å². The molecule has 0 rings (SSSR count). The molecule has 90 valence electrons. The topological polar surface area (TPSA) is 49.3 Å². The number of hydrogen-bond acceptors (Lipinski definition) is 2. The molecule has 0 unspecified atom stereocenters. The van der Waals surface area contributed by atoms with E-state index < -0.39 is 5.54 Å². The van der Waals surface area contributed by atoms with Crippen LogP contribution in [-0.4, -0.2) is 23.2 Å². The molecule has 0 aliphatic heterocycles. The van der Waals surface area contributed by atoms with Gasteiger partial charge >= 0.3 is 0 Å².